The maximum Gasteiger partial charge on any atom is 0.122 e. The van der Waals surface area contributed by atoms with Crippen LogP contribution < -0.4 is 5.73 Å². The zero-order valence-corrected chi connectivity index (χ0v) is 12.4. The van der Waals surface area contributed by atoms with E-state index in [0.29, 0.717) is 0 Å². The molecule has 0 spiro atoms. The third-order valence-electron chi connectivity index (χ3n) is 3.55. The van der Waals surface area contributed by atoms with Gasteiger partial charge in [-0.2, -0.15) is 0 Å². The lowest BCUT2D eigenvalue weighted by Crippen LogP contribution is -2.43. The van der Waals surface area contributed by atoms with E-state index in [1.807, 2.05) is 18.5 Å². The number of nitrogens with two attached hydrogens (primary N) is 1. The zero-order valence-electron chi connectivity index (χ0n) is 10.8. The fourth-order valence-corrected chi connectivity index (χ4v) is 4.00. The molecule has 0 radical (unpaired) electrons. The van der Waals surface area contributed by atoms with Gasteiger partial charge in [0.05, 0.1) is 16.9 Å². The summed E-state index contributed by atoms with van der Waals surface area (Å²) in [4.78, 5) is 8.04. The van der Waals surface area contributed by atoms with Crippen molar-refractivity contribution in [2.45, 2.75) is 32.1 Å². The molecule has 2 N–H and O–H groups in total. The Kier molecular flexibility index (Phi) is 3.62. The van der Waals surface area contributed by atoms with Crippen LogP contribution in [0.3, 0.4) is 0 Å². The standard InChI is InChI=1S/C13H17ClN4S/c1-9(15)13(10-2-3-11(14)19-10)18-7-6-17-5-4-16-12(17)8-18/h2-5,9,13H,6-8,15H2,1H3. The number of hydrogen-bond acceptors (Lipinski definition) is 4. The minimum absolute atomic E-state index is 0.0660. The molecule has 1 aliphatic heterocycles. The molecule has 2 aromatic rings. The smallest absolute Gasteiger partial charge is 0.122 e. The Morgan fingerprint density at radius 2 is 2.26 bits per heavy atom. The number of rotatable bonds is 3. The first-order chi connectivity index (χ1) is 9.15. The molecule has 0 fully saturated rings. The van der Waals surface area contributed by atoms with E-state index in [1.54, 1.807) is 11.3 Å². The lowest BCUT2D eigenvalue weighted by Gasteiger charge is -2.36. The Hall–Kier alpha value is -0.880. The van der Waals surface area contributed by atoms with Crippen molar-refractivity contribution in [1.29, 1.82) is 0 Å². The summed E-state index contributed by atoms with van der Waals surface area (Å²) in [5.41, 5.74) is 6.20. The van der Waals surface area contributed by atoms with Crippen LogP contribution in [0.4, 0.5) is 0 Å². The summed E-state index contributed by atoms with van der Waals surface area (Å²) in [6, 6.07) is 4.31. The molecule has 2 aromatic heterocycles. The number of halogens is 1. The molecular formula is C13H17ClN4S. The van der Waals surface area contributed by atoms with Crippen LogP contribution in [0, 0.1) is 0 Å². The quantitative estimate of drug-likeness (QED) is 0.947. The van der Waals surface area contributed by atoms with Crippen molar-refractivity contribution in [3.63, 3.8) is 0 Å². The highest BCUT2D eigenvalue weighted by molar-refractivity contribution is 7.16. The molecule has 0 aliphatic carbocycles. The molecule has 0 amide bonds. The molecular weight excluding hydrogens is 280 g/mol. The van der Waals surface area contributed by atoms with E-state index in [0.717, 1.165) is 29.8 Å². The average Bonchev–Trinajstić information content (AvgIpc) is 2.97. The molecule has 19 heavy (non-hydrogen) atoms. The molecule has 6 heteroatoms. The molecule has 1 aliphatic rings. The minimum Gasteiger partial charge on any atom is -0.333 e. The number of aromatic nitrogens is 2. The second-order valence-electron chi connectivity index (χ2n) is 4.95. The number of fused-ring (bicyclic) bond motifs is 1. The van der Waals surface area contributed by atoms with Crippen molar-refractivity contribution < 1.29 is 0 Å². The topological polar surface area (TPSA) is 47.1 Å². The van der Waals surface area contributed by atoms with E-state index < -0.39 is 0 Å². The summed E-state index contributed by atoms with van der Waals surface area (Å²) in [6.45, 7) is 4.86. The summed E-state index contributed by atoms with van der Waals surface area (Å²) in [5.74, 6) is 1.11. The van der Waals surface area contributed by atoms with Gasteiger partial charge in [-0.15, -0.1) is 11.3 Å². The minimum atomic E-state index is 0.0660. The van der Waals surface area contributed by atoms with Crippen LogP contribution in [-0.2, 0) is 13.1 Å². The van der Waals surface area contributed by atoms with Gasteiger partial charge >= 0.3 is 0 Å². The summed E-state index contributed by atoms with van der Waals surface area (Å²) in [5, 5.41) is 0. The van der Waals surface area contributed by atoms with Crippen molar-refractivity contribution in [1.82, 2.24) is 14.5 Å². The van der Waals surface area contributed by atoms with Crippen molar-refractivity contribution >= 4 is 22.9 Å². The van der Waals surface area contributed by atoms with Crippen LogP contribution in [0.25, 0.3) is 0 Å². The van der Waals surface area contributed by atoms with Gasteiger partial charge in [-0.25, -0.2) is 4.98 Å². The van der Waals surface area contributed by atoms with Crippen LogP contribution in [0.2, 0.25) is 4.34 Å². The van der Waals surface area contributed by atoms with Gasteiger partial charge < -0.3 is 10.3 Å². The van der Waals surface area contributed by atoms with Gasteiger partial charge in [0, 0.05) is 36.4 Å². The highest BCUT2D eigenvalue weighted by Gasteiger charge is 2.28. The van der Waals surface area contributed by atoms with Crippen molar-refractivity contribution in [2.24, 2.45) is 5.73 Å². The Morgan fingerprint density at radius 1 is 1.42 bits per heavy atom. The van der Waals surface area contributed by atoms with Gasteiger partial charge in [0.25, 0.3) is 0 Å². The van der Waals surface area contributed by atoms with Crippen molar-refractivity contribution in [3.05, 3.63) is 39.6 Å². The normalized spacial score (nSPS) is 19.1. The van der Waals surface area contributed by atoms with E-state index in [1.165, 1.54) is 4.88 Å². The molecule has 102 valence electrons. The second kappa shape index (κ2) is 5.25. The Morgan fingerprint density at radius 3 is 2.95 bits per heavy atom. The van der Waals surface area contributed by atoms with Crippen LogP contribution in [0.5, 0.6) is 0 Å². The number of nitrogens with zero attached hydrogens (tertiary/aromatic N) is 3. The summed E-state index contributed by atoms with van der Waals surface area (Å²) < 4.78 is 3.02. The first-order valence-corrected chi connectivity index (χ1v) is 7.59. The van der Waals surface area contributed by atoms with E-state index in [4.69, 9.17) is 17.3 Å². The van der Waals surface area contributed by atoms with E-state index in [9.17, 15) is 0 Å². The fraction of sp³-hybridized carbons (Fsp3) is 0.462. The first kappa shape index (κ1) is 13.1. The monoisotopic (exact) mass is 296 g/mol. The summed E-state index contributed by atoms with van der Waals surface area (Å²) >= 11 is 7.67. The Balaban J connectivity index is 1.86. The lowest BCUT2D eigenvalue weighted by atomic mass is 10.1. The van der Waals surface area contributed by atoms with Crippen molar-refractivity contribution in [3.8, 4) is 0 Å². The SMILES string of the molecule is CC(N)C(c1ccc(Cl)s1)N1CCn2ccnc2C1. The third-order valence-corrected chi connectivity index (χ3v) is 4.85. The largest absolute Gasteiger partial charge is 0.333 e. The number of hydrogen-bond donors (Lipinski definition) is 1. The third kappa shape index (κ3) is 2.56. The predicted octanol–water partition coefficient (Wildman–Crippen LogP) is 2.50. The molecule has 2 unspecified atom stereocenters. The maximum absolute atomic E-state index is 6.20. The lowest BCUT2D eigenvalue weighted by molar-refractivity contribution is 0.138. The van der Waals surface area contributed by atoms with Crippen LogP contribution >= 0.6 is 22.9 Å². The predicted molar refractivity (Wildman–Crippen MR) is 78.4 cm³/mol. The molecule has 0 aromatic carbocycles. The molecule has 3 rings (SSSR count). The molecule has 3 heterocycles. The zero-order chi connectivity index (χ0) is 13.4. The van der Waals surface area contributed by atoms with Gasteiger partial charge in [-0.05, 0) is 19.1 Å². The van der Waals surface area contributed by atoms with E-state index in [2.05, 4.69) is 27.4 Å². The number of thiophene rings is 1. The molecule has 0 bridgehead atoms. The first-order valence-electron chi connectivity index (χ1n) is 6.40. The second-order valence-corrected chi connectivity index (χ2v) is 6.70. The molecule has 4 nitrogen and oxygen atoms in total. The van der Waals surface area contributed by atoms with Gasteiger partial charge in [0.2, 0.25) is 0 Å². The Labute approximate surface area is 121 Å². The van der Waals surface area contributed by atoms with Crippen LogP contribution in [0.15, 0.2) is 24.5 Å². The van der Waals surface area contributed by atoms with E-state index >= 15 is 0 Å². The van der Waals surface area contributed by atoms with Gasteiger partial charge in [-0.3, -0.25) is 4.90 Å². The van der Waals surface area contributed by atoms with Crippen LogP contribution in [0.1, 0.15) is 23.7 Å². The average molecular weight is 297 g/mol. The molecule has 0 saturated carbocycles. The van der Waals surface area contributed by atoms with Gasteiger partial charge in [0.15, 0.2) is 0 Å². The maximum atomic E-state index is 6.20. The highest BCUT2D eigenvalue weighted by atomic mass is 35.5. The van der Waals surface area contributed by atoms with Crippen molar-refractivity contribution in [2.75, 3.05) is 6.54 Å². The van der Waals surface area contributed by atoms with Crippen LogP contribution in [-0.4, -0.2) is 27.0 Å². The van der Waals surface area contributed by atoms with Gasteiger partial charge in [-0.1, -0.05) is 11.6 Å². The van der Waals surface area contributed by atoms with Gasteiger partial charge in [0.1, 0.15) is 5.82 Å². The van der Waals surface area contributed by atoms with E-state index in [-0.39, 0.29) is 12.1 Å². The fourth-order valence-electron chi connectivity index (χ4n) is 2.69. The summed E-state index contributed by atoms with van der Waals surface area (Å²) in [6.07, 6.45) is 3.90. The highest BCUT2D eigenvalue weighted by Crippen LogP contribution is 2.33. The number of imidazole rings is 1. The summed E-state index contributed by atoms with van der Waals surface area (Å²) in [7, 11) is 0. The molecule has 0 saturated heterocycles. The Bertz CT molecular complexity index is 562. The molecule has 2 atom stereocenters.